The van der Waals surface area contributed by atoms with Crippen molar-refractivity contribution in [3.63, 3.8) is 0 Å². The minimum absolute atomic E-state index is 0.155. The van der Waals surface area contributed by atoms with E-state index >= 15 is 0 Å². The first-order chi connectivity index (χ1) is 8.69. The van der Waals surface area contributed by atoms with Crippen molar-refractivity contribution in [2.75, 3.05) is 7.05 Å². The summed E-state index contributed by atoms with van der Waals surface area (Å²) in [6.07, 6.45) is 7.79. The predicted molar refractivity (Wildman–Crippen MR) is 76.2 cm³/mol. The molecular formula is C16H24FN. The van der Waals surface area contributed by atoms with Crippen molar-refractivity contribution in [3.8, 4) is 0 Å². The van der Waals surface area contributed by atoms with E-state index in [2.05, 4.69) is 11.9 Å². The highest BCUT2D eigenvalue weighted by atomic mass is 19.1. The van der Waals surface area contributed by atoms with Crippen LogP contribution >= 0.6 is 0 Å². The van der Waals surface area contributed by atoms with E-state index in [-0.39, 0.29) is 5.82 Å². The summed E-state index contributed by atoms with van der Waals surface area (Å²) >= 11 is 0. The fourth-order valence-electron chi connectivity index (χ4n) is 2.30. The summed E-state index contributed by atoms with van der Waals surface area (Å²) < 4.78 is 13.1. The lowest BCUT2D eigenvalue weighted by molar-refractivity contribution is 0.504. The van der Waals surface area contributed by atoms with Crippen LogP contribution in [0.3, 0.4) is 0 Å². The normalized spacial score (nSPS) is 12.4. The second-order valence-corrected chi connectivity index (χ2v) is 4.77. The maximum absolute atomic E-state index is 13.1. The molecule has 0 fully saturated rings. The minimum Gasteiger partial charge on any atom is -0.313 e. The molecule has 0 aliphatic carbocycles. The summed E-state index contributed by atoms with van der Waals surface area (Å²) in [6, 6.07) is 5.38. The van der Waals surface area contributed by atoms with Gasteiger partial charge in [-0.05, 0) is 56.5 Å². The van der Waals surface area contributed by atoms with E-state index in [1.54, 1.807) is 12.1 Å². The Balaban J connectivity index is 2.52. The molecule has 0 bridgehead atoms. The molecule has 0 amide bonds. The minimum atomic E-state index is -0.155. The molecule has 18 heavy (non-hydrogen) atoms. The summed E-state index contributed by atoms with van der Waals surface area (Å²) in [5.74, 6) is -0.155. The molecule has 0 spiro atoms. The van der Waals surface area contributed by atoms with Gasteiger partial charge in [0, 0.05) is 6.04 Å². The Bertz CT molecular complexity index is 373. The largest absolute Gasteiger partial charge is 0.313 e. The summed E-state index contributed by atoms with van der Waals surface area (Å²) in [5.41, 5.74) is 2.24. The van der Waals surface area contributed by atoms with Crippen molar-refractivity contribution in [3.05, 3.63) is 47.8 Å². The summed E-state index contributed by atoms with van der Waals surface area (Å²) in [5, 5.41) is 3.33. The Morgan fingerprint density at radius 2 is 2.11 bits per heavy atom. The molecule has 0 radical (unpaired) electrons. The molecule has 1 atom stereocenters. The van der Waals surface area contributed by atoms with E-state index < -0.39 is 0 Å². The number of aryl methyl sites for hydroxylation is 1. The Morgan fingerprint density at radius 1 is 1.33 bits per heavy atom. The fraction of sp³-hybridized carbons (Fsp3) is 0.500. The van der Waals surface area contributed by atoms with E-state index in [1.165, 1.54) is 24.8 Å². The molecule has 1 nitrogen and oxygen atoms in total. The number of nitrogens with one attached hydrogen (secondary N) is 1. The van der Waals surface area contributed by atoms with E-state index in [1.807, 2.05) is 26.1 Å². The third kappa shape index (κ3) is 4.61. The van der Waals surface area contributed by atoms with Crippen LogP contribution in [0.2, 0.25) is 0 Å². The Morgan fingerprint density at radius 3 is 2.72 bits per heavy atom. The Kier molecular flexibility index (Phi) is 6.66. The molecule has 1 unspecified atom stereocenters. The average molecular weight is 249 g/mol. The van der Waals surface area contributed by atoms with E-state index in [0.29, 0.717) is 6.04 Å². The number of benzene rings is 1. The quantitative estimate of drug-likeness (QED) is 0.527. The number of unbranched alkanes of at least 4 members (excludes halogenated alkanes) is 3. The van der Waals surface area contributed by atoms with Crippen LogP contribution in [0.5, 0.6) is 0 Å². The molecular weight excluding hydrogens is 225 g/mol. The number of halogens is 1. The van der Waals surface area contributed by atoms with Crippen LogP contribution in [0.25, 0.3) is 0 Å². The zero-order valence-corrected chi connectivity index (χ0v) is 11.5. The van der Waals surface area contributed by atoms with Gasteiger partial charge in [0.05, 0.1) is 0 Å². The molecule has 0 aliphatic heterocycles. The Hall–Kier alpha value is -1.15. The van der Waals surface area contributed by atoms with Crippen molar-refractivity contribution in [2.45, 2.75) is 45.1 Å². The van der Waals surface area contributed by atoms with Gasteiger partial charge in [-0.3, -0.25) is 0 Å². The van der Waals surface area contributed by atoms with Crippen LogP contribution in [-0.4, -0.2) is 7.05 Å². The lowest BCUT2D eigenvalue weighted by Crippen LogP contribution is -2.17. The zero-order chi connectivity index (χ0) is 13.4. The highest BCUT2D eigenvalue weighted by Gasteiger charge is 2.11. The van der Waals surface area contributed by atoms with Crippen molar-refractivity contribution < 1.29 is 4.39 Å². The van der Waals surface area contributed by atoms with Crippen molar-refractivity contribution in [1.82, 2.24) is 5.32 Å². The van der Waals surface area contributed by atoms with Crippen LogP contribution in [0.15, 0.2) is 30.9 Å². The molecule has 0 saturated heterocycles. The standard InChI is InChI=1S/C16H24FN/c1-4-5-6-7-8-9-16(18-3)15-11-10-14(17)12-13(15)2/h4,10-12,16,18H,1,5-9H2,2-3H3. The lowest BCUT2D eigenvalue weighted by atomic mass is 9.96. The zero-order valence-electron chi connectivity index (χ0n) is 11.5. The number of allylic oxidation sites excluding steroid dienone is 1. The number of rotatable bonds is 8. The second kappa shape index (κ2) is 8.04. The number of hydrogen-bond acceptors (Lipinski definition) is 1. The third-order valence-corrected chi connectivity index (χ3v) is 3.36. The van der Waals surface area contributed by atoms with Crippen LogP contribution in [0.1, 0.15) is 49.3 Å². The van der Waals surface area contributed by atoms with Gasteiger partial charge in [-0.1, -0.05) is 25.0 Å². The summed E-state index contributed by atoms with van der Waals surface area (Å²) in [7, 11) is 1.97. The van der Waals surface area contributed by atoms with Crippen molar-refractivity contribution in [2.24, 2.45) is 0 Å². The second-order valence-electron chi connectivity index (χ2n) is 4.77. The smallest absolute Gasteiger partial charge is 0.123 e. The highest BCUT2D eigenvalue weighted by Crippen LogP contribution is 2.23. The molecule has 0 saturated carbocycles. The fourth-order valence-corrected chi connectivity index (χ4v) is 2.30. The molecule has 0 aliphatic rings. The molecule has 1 rings (SSSR count). The predicted octanol–water partition coefficient (Wildman–Crippen LogP) is 4.53. The van der Waals surface area contributed by atoms with Crippen LogP contribution in [0.4, 0.5) is 4.39 Å². The monoisotopic (exact) mass is 249 g/mol. The van der Waals surface area contributed by atoms with Gasteiger partial charge in [-0.2, -0.15) is 0 Å². The van der Waals surface area contributed by atoms with Gasteiger partial charge >= 0.3 is 0 Å². The first kappa shape index (κ1) is 14.9. The highest BCUT2D eigenvalue weighted by molar-refractivity contribution is 5.29. The summed E-state index contributed by atoms with van der Waals surface area (Å²) in [4.78, 5) is 0. The molecule has 0 heterocycles. The SMILES string of the molecule is C=CCCCCCC(NC)c1ccc(F)cc1C. The van der Waals surface area contributed by atoms with Gasteiger partial charge < -0.3 is 5.32 Å². The van der Waals surface area contributed by atoms with Crippen LogP contribution < -0.4 is 5.32 Å². The van der Waals surface area contributed by atoms with Gasteiger partial charge in [0.2, 0.25) is 0 Å². The van der Waals surface area contributed by atoms with Crippen LogP contribution in [-0.2, 0) is 0 Å². The van der Waals surface area contributed by atoms with E-state index in [9.17, 15) is 4.39 Å². The lowest BCUT2D eigenvalue weighted by Gasteiger charge is -2.18. The molecule has 2 heteroatoms. The average Bonchev–Trinajstić information content (AvgIpc) is 2.35. The van der Waals surface area contributed by atoms with E-state index in [4.69, 9.17) is 0 Å². The topological polar surface area (TPSA) is 12.0 Å². The first-order valence-corrected chi connectivity index (χ1v) is 6.73. The number of hydrogen-bond donors (Lipinski definition) is 1. The van der Waals surface area contributed by atoms with Gasteiger partial charge in [-0.25, -0.2) is 4.39 Å². The molecule has 1 aromatic carbocycles. The third-order valence-electron chi connectivity index (χ3n) is 3.36. The molecule has 100 valence electrons. The first-order valence-electron chi connectivity index (χ1n) is 6.73. The maximum Gasteiger partial charge on any atom is 0.123 e. The van der Waals surface area contributed by atoms with Gasteiger partial charge in [-0.15, -0.1) is 6.58 Å². The maximum atomic E-state index is 13.1. The van der Waals surface area contributed by atoms with Gasteiger partial charge in [0.1, 0.15) is 5.82 Å². The Labute approximate surface area is 110 Å². The molecule has 0 aromatic heterocycles. The molecule has 1 aromatic rings. The van der Waals surface area contributed by atoms with Gasteiger partial charge in [0.25, 0.3) is 0 Å². The van der Waals surface area contributed by atoms with Crippen molar-refractivity contribution in [1.29, 1.82) is 0 Å². The van der Waals surface area contributed by atoms with E-state index in [0.717, 1.165) is 18.4 Å². The van der Waals surface area contributed by atoms with Crippen LogP contribution in [0, 0.1) is 12.7 Å². The van der Waals surface area contributed by atoms with Crippen molar-refractivity contribution >= 4 is 0 Å². The molecule has 1 N–H and O–H groups in total. The van der Waals surface area contributed by atoms with Gasteiger partial charge in [0.15, 0.2) is 0 Å². The summed E-state index contributed by atoms with van der Waals surface area (Å²) in [6.45, 7) is 5.70.